The number of fused-ring (bicyclic) bond motifs is 4. The van der Waals surface area contributed by atoms with Crippen LogP contribution in [-0.2, 0) is 5.54 Å². The second kappa shape index (κ2) is 7.29. The van der Waals surface area contributed by atoms with E-state index in [2.05, 4.69) is 47.7 Å². The van der Waals surface area contributed by atoms with Gasteiger partial charge in [-0.2, -0.15) is 0 Å². The standard InChI is InChI=1S/C25H30N4O2/c1-17(2)9-13-29-20-7-5-11-26-23(20)28-12-6-8-22(28)25(29)10-14-27(16-25)24(30)21-15-18(3)19(4)31-21/h5-8,11-12,15,17H,9-10,13-14,16H2,1-4H3/t25-/m1/s1. The summed E-state index contributed by atoms with van der Waals surface area (Å²) in [7, 11) is 0. The number of carbonyl (C=O) groups is 1. The summed E-state index contributed by atoms with van der Waals surface area (Å²) in [5.41, 5.74) is 3.11. The summed E-state index contributed by atoms with van der Waals surface area (Å²) < 4.78 is 7.97. The molecule has 0 unspecified atom stereocenters. The van der Waals surface area contributed by atoms with Crippen molar-refractivity contribution in [2.45, 2.75) is 46.1 Å². The first kappa shape index (κ1) is 19.9. The van der Waals surface area contributed by atoms with E-state index in [4.69, 9.17) is 9.40 Å². The van der Waals surface area contributed by atoms with Gasteiger partial charge in [-0.3, -0.25) is 4.79 Å². The predicted molar refractivity (Wildman–Crippen MR) is 121 cm³/mol. The molecule has 0 saturated carbocycles. The first-order valence-electron chi connectivity index (χ1n) is 11.2. The van der Waals surface area contributed by atoms with Gasteiger partial charge in [0.15, 0.2) is 11.6 Å². The highest BCUT2D eigenvalue weighted by Gasteiger charge is 2.51. The van der Waals surface area contributed by atoms with Gasteiger partial charge in [-0.1, -0.05) is 13.8 Å². The zero-order valence-electron chi connectivity index (χ0n) is 18.8. The quantitative estimate of drug-likeness (QED) is 0.617. The Morgan fingerprint density at radius 1 is 1.26 bits per heavy atom. The second-order valence-electron chi connectivity index (χ2n) is 9.30. The lowest BCUT2D eigenvalue weighted by Crippen LogP contribution is -2.53. The molecule has 0 aromatic carbocycles. The van der Waals surface area contributed by atoms with Gasteiger partial charge in [0.1, 0.15) is 11.3 Å². The van der Waals surface area contributed by atoms with Crippen LogP contribution in [0.15, 0.2) is 47.1 Å². The number of nitrogens with zero attached hydrogens (tertiary/aromatic N) is 4. The van der Waals surface area contributed by atoms with E-state index in [0.717, 1.165) is 42.2 Å². The molecule has 1 fully saturated rings. The smallest absolute Gasteiger partial charge is 0.289 e. The molecule has 2 aliphatic rings. The van der Waals surface area contributed by atoms with Crippen molar-refractivity contribution >= 4 is 11.6 Å². The van der Waals surface area contributed by atoms with Crippen LogP contribution >= 0.6 is 0 Å². The summed E-state index contributed by atoms with van der Waals surface area (Å²) >= 11 is 0. The van der Waals surface area contributed by atoms with Crippen molar-refractivity contribution < 1.29 is 9.21 Å². The summed E-state index contributed by atoms with van der Waals surface area (Å²) in [6.07, 6.45) is 5.91. The lowest BCUT2D eigenvalue weighted by molar-refractivity contribution is 0.0749. The lowest BCUT2D eigenvalue weighted by Gasteiger charge is -2.47. The third kappa shape index (κ3) is 3.08. The molecule has 6 nitrogen and oxygen atoms in total. The molecule has 2 aliphatic heterocycles. The fourth-order valence-corrected chi connectivity index (χ4v) is 5.05. The molecule has 0 bridgehead atoms. The molecule has 0 aliphatic carbocycles. The van der Waals surface area contributed by atoms with E-state index in [-0.39, 0.29) is 11.4 Å². The number of aromatic nitrogens is 2. The highest BCUT2D eigenvalue weighted by atomic mass is 16.4. The Labute approximate surface area is 183 Å². The first-order valence-corrected chi connectivity index (χ1v) is 11.2. The van der Waals surface area contributed by atoms with E-state index in [0.29, 0.717) is 24.8 Å². The molecule has 0 N–H and O–H groups in total. The van der Waals surface area contributed by atoms with E-state index in [9.17, 15) is 4.79 Å². The van der Waals surface area contributed by atoms with Gasteiger partial charge in [-0.15, -0.1) is 0 Å². The van der Waals surface area contributed by atoms with Crippen LogP contribution in [0.5, 0.6) is 0 Å². The van der Waals surface area contributed by atoms with Crippen LogP contribution in [0.2, 0.25) is 0 Å². The van der Waals surface area contributed by atoms with Gasteiger partial charge in [0.05, 0.1) is 17.9 Å². The molecule has 1 saturated heterocycles. The Morgan fingerprint density at radius 2 is 2.10 bits per heavy atom. The number of hydrogen-bond acceptors (Lipinski definition) is 4. The van der Waals surface area contributed by atoms with Crippen molar-refractivity contribution in [3.8, 4) is 5.82 Å². The summed E-state index contributed by atoms with van der Waals surface area (Å²) in [6, 6.07) is 10.3. The highest BCUT2D eigenvalue weighted by molar-refractivity contribution is 5.92. The highest BCUT2D eigenvalue weighted by Crippen LogP contribution is 2.47. The minimum atomic E-state index is -0.263. The number of likely N-dealkylation sites (tertiary alicyclic amines) is 1. The van der Waals surface area contributed by atoms with E-state index in [1.165, 1.54) is 5.69 Å². The number of pyridine rings is 1. The Balaban J connectivity index is 1.55. The molecule has 5 heterocycles. The van der Waals surface area contributed by atoms with E-state index < -0.39 is 0 Å². The maximum absolute atomic E-state index is 13.3. The largest absolute Gasteiger partial charge is 0.456 e. The molecule has 3 aromatic rings. The topological polar surface area (TPSA) is 54.5 Å². The minimum Gasteiger partial charge on any atom is -0.456 e. The van der Waals surface area contributed by atoms with Gasteiger partial charge in [-0.25, -0.2) is 4.98 Å². The number of aryl methyl sites for hydroxylation is 2. The van der Waals surface area contributed by atoms with E-state index in [1.54, 1.807) is 0 Å². The maximum Gasteiger partial charge on any atom is 0.289 e. The number of hydrogen-bond donors (Lipinski definition) is 0. The first-order chi connectivity index (χ1) is 14.9. The van der Waals surface area contributed by atoms with Gasteiger partial charge < -0.3 is 18.8 Å². The average molecular weight is 419 g/mol. The SMILES string of the molecule is Cc1cc(C(=O)N2CC[C@@]3(C2)c2cccn2-c2ncccc2N3CCC(C)C)oc1C. The van der Waals surface area contributed by atoms with Gasteiger partial charge in [0.2, 0.25) is 0 Å². The Morgan fingerprint density at radius 3 is 2.84 bits per heavy atom. The molecule has 1 spiro atoms. The van der Waals surface area contributed by atoms with Crippen LogP contribution in [-0.4, -0.2) is 40.0 Å². The van der Waals surface area contributed by atoms with Gasteiger partial charge in [0, 0.05) is 25.5 Å². The molecule has 6 heteroatoms. The summed E-state index contributed by atoms with van der Waals surface area (Å²) in [5.74, 6) is 2.79. The zero-order valence-corrected chi connectivity index (χ0v) is 18.8. The van der Waals surface area contributed by atoms with Crippen molar-refractivity contribution in [1.29, 1.82) is 0 Å². The van der Waals surface area contributed by atoms with Gasteiger partial charge >= 0.3 is 0 Å². The second-order valence-corrected chi connectivity index (χ2v) is 9.30. The number of carbonyl (C=O) groups excluding carboxylic acids is 1. The zero-order chi connectivity index (χ0) is 21.8. The van der Waals surface area contributed by atoms with E-state index >= 15 is 0 Å². The van der Waals surface area contributed by atoms with Crippen LogP contribution < -0.4 is 4.90 Å². The van der Waals surface area contributed by atoms with Crippen molar-refractivity contribution in [2.24, 2.45) is 5.92 Å². The maximum atomic E-state index is 13.3. The van der Waals surface area contributed by atoms with Crippen LogP contribution in [0, 0.1) is 19.8 Å². The summed E-state index contributed by atoms with van der Waals surface area (Å²) in [6.45, 7) is 10.7. The molecular formula is C25H30N4O2. The summed E-state index contributed by atoms with van der Waals surface area (Å²) in [5, 5.41) is 0. The van der Waals surface area contributed by atoms with Crippen LogP contribution in [0.1, 0.15) is 54.3 Å². The Bertz CT molecular complexity index is 1110. The third-order valence-corrected chi connectivity index (χ3v) is 6.87. The molecular weight excluding hydrogens is 388 g/mol. The number of anilines is 1. The number of amides is 1. The Kier molecular flexibility index (Phi) is 4.68. The molecule has 1 amide bonds. The number of rotatable bonds is 4. The minimum absolute atomic E-state index is 0.0213. The molecule has 162 valence electrons. The van der Waals surface area contributed by atoms with E-state index in [1.807, 2.05) is 37.1 Å². The average Bonchev–Trinajstić information content (AvgIpc) is 3.47. The van der Waals surface area contributed by atoms with Crippen LogP contribution in [0.25, 0.3) is 5.82 Å². The molecule has 0 radical (unpaired) electrons. The van der Waals surface area contributed by atoms with Crippen molar-refractivity contribution in [2.75, 3.05) is 24.5 Å². The van der Waals surface area contributed by atoms with Crippen molar-refractivity contribution in [1.82, 2.24) is 14.5 Å². The summed E-state index contributed by atoms with van der Waals surface area (Å²) in [4.78, 5) is 22.5. The molecule has 1 atom stereocenters. The fourth-order valence-electron chi connectivity index (χ4n) is 5.05. The van der Waals surface area contributed by atoms with Crippen LogP contribution in [0.3, 0.4) is 0 Å². The molecule has 5 rings (SSSR count). The van der Waals surface area contributed by atoms with Crippen LogP contribution in [0.4, 0.5) is 5.69 Å². The lowest BCUT2D eigenvalue weighted by atomic mass is 9.88. The van der Waals surface area contributed by atoms with Crippen molar-refractivity contribution in [3.63, 3.8) is 0 Å². The predicted octanol–water partition coefficient (Wildman–Crippen LogP) is 4.69. The monoisotopic (exact) mass is 418 g/mol. The fraction of sp³-hybridized carbons (Fsp3) is 0.440. The molecule has 31 heavy (non-hydrogen) atoms. The third-order valence-electron chi connectivity index (χ3n) is 6.87. The normalized spacial score (nSPS) is 19.9. The Hall–Kier alpha value is -3.02. The number of furan rings is 1. The van der Waals surface area contributed by atoms with Crippen molar-refractivity contribution in [3.05, 3.63) is 65.5 Å². The van der Waals surface area contributed by atoms with Gasteiger partial charge in [-0.05, 0) is 68.5 Å². The molecule has 3 aromatic heterocycles. The van der Waals surface area contributed by atoms with Gasteiger partial charge in [0.25, 0.3) is 5.91 Å².